The molecule has 1 aromatic carbocycles. The number of aryl methyl sites for hydroxylation is 1. The lowest BCUT2D eigenvalue weighted by Gasteiger charge is -2.34. The number of rotatable bonds is 8. The van der Waals surface area contributed by atoms with Crippen molar-refractivity contribution in [2.24, 2.45) is 7.05 Å². The van der Waals surface area contributed by atoms with Gasteiger partial charge in [-0.1, -0.05) is 25.1 Å². The van der Waals surface area contributed by atoms with E-state index in [9.17, 15) is 9.59 Å². The van der Waals surface area contributed by atoms with Crippen LogP contribution in [-0.4, -0.2) is 75.9 Å². The van der Waals surface area contributed by atoms with Gasteiger partial charge in [0.05, 0.1) is 11.7 Å². The molecule has 3 aromatic rings. The third kappa shape index (κ3) is 4.42. The van der Waals surface area contributed by atoms with E-state index in [-0.39, 0.29) is 11.5 Å². The van der Waals surface area contributed by atoms with Gasteiger partial charge in [0.15, 0.2) is 0 Å². The first-order valence-corrected chi connectivity index (χ1v) is 11.7. The van der Waals surface area contributed by atoms with Gasteiger partial charge in [0.2, 0.25) is 5.91 Å². The summed E-state index contributed by atoms with van der Waals surface area (Å²) >= 11 is 0. The smallest absolute Gasteiger partial charge is 0.291 e. The second-order valence-corrected chi connectivity index (χ2v) is 8.73. The maximum absolute atomic E-state index is 13.0. The molecule has 8 nitrogen and oxygen atoms in total. The number of benzene rings is 1. The van der Waals surface area contributed by atoms with Crippen molar-refractivity contribution in [3.63, 3.8) is 0 Å². The van der Waals surface area contributed by atoms with Crippen molar-refractivity contribution in [3.8, 4) is 0 Å². The summed E-state index contributed by atoms with van der Waals surface area (Å²) in [7, 11) is 1.64. The van der Waals surface area contributed by atoms with E-state index < -0.39 is 6.04 Å². The van der Waals surface area contributed by atoms with Gasteiger partial charge in [-0.05, 0) is 38.9 Å². The van der Waals surface area contributed by atoms with Gasteiger partial charge >= 0.3 is 0 Å². The monoisotopic (exact) mass is 438 g/mol. The molecule has 0 saturated carbocycles. The zero-order valence-corrected chi connectivity index (χ0v) is 19.4. The number of para-hydroxylation sites is 1. The molecule has 0 radical (unpaired) electrons. The van der Waals surface area contributed by atoms with Crippen LogP contribution >= 0.6 is 0 Å². The van der Waals surface area contributed by atoms with E-state index in [1.807, 2.05) is 35.8 Å². The highest BCUT2D eigenvalue weighted by atomic mass is 16.2. The summed E-state index contributed by atoms with van der Waals surface area (Å²) in [6, 6.07) is 7.30. The largest absolute Gasteiger partial charge is 0.354 e. The van der Waals surface area contributed by atoms with Gasteiger partial charge in [-0.3, -0.25) is 9.59 Å². The normalized spacial score (nSPS) is 16.6. The fourth-order valence-corrected chi connectivity index (χ4v) is 4.72. The van der Waals surface area contributed by atoms with Crippen LogP contribution in [0, 0.1) is 0 Å². The van der Waals surface area contributed by atoms with Crippen LogP contribution < -0.4 is 10.9 Å². The minimum Gasteiger partial charge on any atom is -0.354 e. The number of fused-ring (bicyclic) bond motifs is 3. The predicted octanol–water partition coefficient (Wildman–Crippen LogP) is 1.98. The van der Waals surface area contributed by atoms with Crippen LogP contribution in [0.2, 0.25) is 0 Å². The van der Waals surface area contributed by atoms with Crippen LogP contribution in [0.5, 0.6) is 0 Å². The zero-order chi connectivity index (χ0) is 22.7. The highest BCUT2D eigenvalue weighted by Gasteiger charge is 2.23. The van der Waals surface area contributed by atoms with Gasteiger partial charge in [0, 0.05) is 50.5 Å². The van der Waals surface area contributed by atoms with Gasteiger partial charge in [-0.25, -0.2) is 4.68 Å². The molecule has 2 aromatic heterocycles. The van der Waals surface area contributed by atoms with Crippen LogP contribution in [-0.2, 0) is 11.8 Å². The van der Waals surface area contributed by atoms with Crippen molar-refractivity contribution in [2.45, 2.75) is 32.7 Å². The Kier molecular flexibility index (Phi) is 6.91. The van der Waals surface area contributed by atoms with Crippen molar-refractivity contribution in [3.05, 3.63) is 40.8 Å². The lowest BCUT2D eigenvalue weighted by molar-refractivity contribution is -0.123. The summed E-state index contributed by atoms with van der Waals surface area (Å²) in [5, 5.41) is 8.98. The molecular formula is C24H34N6O2. The lowest BCUT2D eigenvalue weighted by Crippen LogP contribution is -2.47. The lowest BCUT2D eigenvalue weighted by atomic mass is 10.2. The Hall–Kier alpha value is -2.71. The molecule has 32 heavy (non-hydrogen) atoms. The maximum atomic E-state index is 13.0. The van der Waals surface area contributed by atoms with E-state index in [2.05, 4.69) is 27.1 Å². The number of carbonyl (C=O) groups excluding carboxylic acids is 1. The number of amides is 1. The topological polar surface area (TPSA) is 75.4 Å². The number of hydrogen-bond acceptors (Lipinski definition) is 5. The molecule has 0 bridgehead atoms. The first-order chi connectivity index (χ1) is 15.5. The standard InChI is InChI=1S/C24H34N6O2/c1-4-11-28-13-15-29(16-14-28)12-7-10-25-23(31)18(2)30-21-9-6-5-8-19(21)20-17-26-27(3)24(32)22(20)30/h5-6,8-9,17-18H,4,7,10-16H2,1-3H3,(H,25,31). The number of aromatic nitrogens is 3. The van der Waals surface area contributed by atoms with Crippen molar-refractivity contribution in [1.29, 1.82) is 0 Å². The number of nitrogens with one attached hydrogen (secondary N) is 1. The summed E-state index contributed by atoms with van der Waals surface area (Å²) in [5.41, 5.74) is 1.21. The Labute approximate surface area is 188 Å². The third-order valence-electron chi connectivity index (χ3n) is 6.53. The van der Waals surface area contributed by atoms with E-state index in [1.165, 1.54) is 17.6 Å². The molecule has 1 unspecified atom stereocenters. The van der Waals surface area contributed by atoms with E-state index >= 15 is 0 Å². The quantitative estimate of drug-likeness (QED) is 0.545. The average molecular weight is 439 g/mol. The molecule has 0 spiro atoms. The van der Waals surface area contributed by atoms with Gasteiger partial charge in [-0.15, -0.1) is 0 Å². The molecule has 1 N–H and O–H groups in total. The molecule has 0 aliphatic carbocycles. The summed E-state index contributed by atoms with van der Waals surface area (Å²) in [4.78, 5) is 30.9. The Morgan fingerprint density at radius 2 is 1.78 bits per heavy atom. The van der Waals surface area contributed by atoms with E-state index in [1.54, 1.807) is 13.2 Å². The molecule has 3 heterocycles. The fraction of sp³-hybridized carbons (Fsp3) is 0.542. The van der Waals surface area contributed by atoms with Gasteiger partial charge < -0.3 is 19.7 Å². The van der Waals surface area contributed by atoms with Crippen molar-refractivity contribution < 1.29 is 4.79 Å². The average Bonchev–Trinajstić information content (AvgIpc) is 3.15. The molecule has 1 fully saturated rings. The molecule has 1 saturated heterocycles. The molecule has 8 heteroatoms. The molecular weight excluding hydrogens is 404 g/mol. The summed E-state index contributed by atoms with van der Waals surface area (Å²) in [6.07, 6.45) is 3.84. The summed E-state index contributed by atoms with van der Waals surface area (Å²) in [5.74, 6) is -0.0701. The number of hydrogen-bond donors (Lipinski definition) is 1. The van der Waals surface area contributed by atoms with E-state index in [0.29, 0.717) is 12.1 Å². The third-order valence-corrected chi connectivity index (χ3v) is 6.53. The fourth-order valence-electron chi connectivity index (χ4n) is 4.72. The summed E-state index contributed by atoms with van der Waals surface area (Å²) < 4.78 is 3.18. The Balaban J connectivity index is 1.41. The van der Waals surface area contributed by atoms with Gasteiger partial charge in [0.1, 0.15) is 11.6 Å². The Morgan fingerprint density at radius 3 is 2.50 bits per heavy atom. The number of carbonyl (C=O) groups is 1. The maximum Gasteiger partial charge on any atom is 0.291 e. The molecule has 172 valence electrons. The van der Waals surface area contributed by atoms with Gasteiger partial charge in [0.25, 0.3) is 5.56 Å². The number of nitrogens with zero attached hydrogens (tertiary/aromatic N) is 5. The molecule has 4 rings (SSSR count). The van der Waals surface area contributed by atoms with Crippen LogP contribution in [0.1, 0.15) is 32.7 Å². The predicted molar refractivity (Wildman–Crippen MR) is 128 cm³/mol. The van der Waals surface area contributed by atoms with Crippen molar-refractivity contribution >= 4 is 27.7 Å². The minimum atomic E-state index is -0.495. The van der Waals surface area contributed by atoms with Crippen LogP contribution in [0.4, 0.5) is 0 Å². The van der Waals surface area contributed by atoms with Crippen LogP contribution in [0.15, 0.2) is 35.3 Å². The highest BCUT2D eigenvalue weighted by molar-refractivity contribution is 6.08. The van der Waals surface area contributed by atoms with Crippen molar-refractivity contribution in [1.82, 2.24) is 29.5 Å². The second kappa shape index (κ2) is 9.83. The van der Waals surface area contributed by atoms with Crippen molar-refractivity contribution in [2.75, 3.05) is 45.8 Å². The van der Waals surface area contributed by atoms with Crippen LogP contribution in [0.3, 0.4) is 0 Å². The zero-order valence-electron chi connectivity index (χ0n) is 19.4. The Bertz CT molecular complexity index is 1140. The Morgan fingerprint density at radius 1 is 1.09 bits per heavy atom. The SMILES string of the molecule is CCCN1CCN(CCCNC(=O)C(C)n2c3ccccc3c3cnn(C)c(=O)c32)CC1. The number of piperazine rings is 1. The first-order valence-electron chi connectivity index (χ1n) is 11.7. The van der Waals surface area contributed by atoms with E-state index in [4.69, 9.17) is 0 Å². The minimum absolute atomic E-state index is 0.0701. The second-order valence-electron chi connectivity index (χ2n) is 8.73. The molecule has 1 amide bonds. The van der Waals surface area contributed by atoms with Gasteiger partial charge in [-0.2, -0.15) is 5.10 Å². The summed E-state index contributed by atoms with van der Waals surface area (Å²) in [6.45, 7) is 11.4. The molecule has 1 atom stereocenters. The molecule has 1 aliphatic heterocycles. The highest BCUT2D eigenvalue weighted by Crippen LogP contribution is 2.29. The van der Waals surface area contributed by atoms with E-state index in [0.717, 1.165) is 55.4 Å². The first kappa shape index (κ1) is 22.5. The molecule has 1 aliphatic rings. The van der Waals surface area contributed by atoms with Crippen LogP contribution in [0.25, 0.3) is 21.8 Å².